The summed E-state index contributed by atoms with van der Waals surface area (Å²) in [5.74, 6) is -0.768. The van der Waals surface area contributed by atoms with E-state index < -0.39 is 11.9 Å². The van der Waals surface area contributed by atoms with Gasteiger partial charge in [-0.2, -0.15) is 0 Å². The molecule has 1 aliphatic carbocycles. The Kier molecular flexibility index (Phi) is 4.24. The van der Waals surface area contributed by atoms with Crippen LogP contribution >= 0.6 is 11.3 Å². The first kappa shape index (κ1) is 14.8. The Balaban J connectivity index is 1.83. The molecule has 1 heterocycles. The summed E-state index contributed by atoms with van der Waals surface area (Å²) in [5, 5.41) is 4.68. The second kappa shape index (κ2) is 6.32. The number of hydrogen-bond donors (Lipinski definition) is 2. The van der Waals surface area contributed by atoms with E-state index in [1.165, 1.54) is 11.3 Å². The van der Waals surface area contributed by atoms with Crippen LogP contribution in [-0.2, 0) is 17.6 Å². The van der Waals surface area contributed by atoms with Gasteiger partial charge in [-0.25, -0.2) is 0 Å². The highest BCUT2D eigenvalue weighted by molar-refractivity contribution is 7.10. The Morgan fingerprint density at radius 3 is 2.59 bits per heavy atom. The van der Waals surface area contributed by atoms with E-state index in [2.05, 4.69) is 5.32 Å². The topological polar surface area (TPSA) is 72.2 Å². The average Bonchev–Trinajstić information content (AvgIpc) is 2.97. The fraction of sp³-hybridized carbons (Fsp3) is 0.294. The molecule has 1 aromatic carbocycles. The van der Waals surface area contributed by atoms with Crippen molar-refractivity contribution in [1.82, 2.24) is 5.32 Å². The largest absolute Gasteiger partial charge is 0.368 e. The maximum absolute atomic E-state index is 12.6. The number of fused-ring (bicyclic) bond motifs is 1. The van der Waals surface area contributed by atoms with E-state index in [4.69, 9.17) is 5.73 Å². The van der Waals surface area contributed by atoms with Gasteiger partial charge in [0.1, 0.15) is 6.04 Å². The second-order valence-corrected chi connectivity index (χ2v) is 6.44. The fourth-order valence-electron chi connectivity index (χ4n) is 2.86. The number of nitrogens with two attached hydrogens (primary N) is 1. The van der Waals surface area contributed by atoms with Gasteiger partial charge in [0.25, 0.3) is 5.91 Å². The second-order valence-electron chi connectivity index (χ2n) is 5.48. The minimum absolute atomic E-state index is 0.216. The Morgan fingerprint density at radius 1 is 1.14 bits per heavy atom. The van der Waals surface area contributed by atoms with E-state index in [1.807, 2.05) is 23.6 Å². The van der Waals surface area contributed by atoms with Gasteiger partial charge in [-0.1, -0.05) is 30.3 Å². The number of carbonyl (C=O) groups is 2. The van der Waals surface area contributed by atoms with Crippen LogP contribution in [0, 0.1) is 0 Å². The lowest BCUT2D eigenvalue weighted by Gasteiger charge is -2.17. The lowest BCUT2D eigenvalue weighted by molar-refractivity contribution is -0.120. The zero-order valence-electron chi connectivity index (χ0n) is 12.2. The standard InChI is InChI=1S/C17H18N2O2S/c18-16(20)15(11-6-2-1-3-7-11)19-17(21)13-10-22-14-9-5-4-8-12(13)14/h1-3,6-7,10,15H,4-5,8-9H2,(H2,18,20)(H,19,21)/t15-/m1/s1. The Bertz CT molecular complexity index is 694. The lowest BCUT2D eigenvalue weighted by atomic mass is 9.95. The Labute approximate surface area is 133 Å². The van der Waals surface area contributed by atoms with Crippen LogP contribution in [0.25, 0.3) is 0 Å². The molecule has 22 heavy (non-hydrogen) atoms. The van der Waals surface area contributed by atoms with Crippen molar-refractivity contribution in [3.63, 3.8) is 0 Å². The third kappa shape index (κ3) is 2.90. The Morgan fingerprint density at radius 2 is 1.86 bits per heavy atom. The number of hydrogen-bond acceptors (Lipinski definition) is 3. The first-order valence-electron chi connectivity index (χ1n) is 7.41. The van der Waals surface area contributed by atoms with Crippen molar-refractivity contribution in [3.8, 4) is 0 Å². The number of amides is 2. The minimum atomic E-state index is -0.798. The van der Waals surface area contributed by atoms with Crippen molar-refractivity contribution in [2.45, 2.75) is 31.7 Å². The van der Waals surface area contributed by atoms with E-state index in [-0.39, 0.29) is 5.91 Å². The van der Waals surface area contributed by atoms with Crippen molar-refractivity contribution < 1.29 is 9.59 Å². The molecule has 4 nitrogen and oxygen atoms in total. The third-order valence-corrected chi connectivity index (χ3v) is 5.09. The highest BCUT2D eigenvalue weighted by Gasteiger charge is 2.24. The summed E-state index contributed by atoms with van der Waals surface area (Å²) in [5.41, 5.74) is 8.00. The van der Waals surface area contributed by atoms with Crippen LogP contribution in [0.3, 0.4) is 0 Å². The predicted octanol–water partition coefficient (Wildman–Crippen LogP) is 2.58. The smallest absolute Gasteiger partial charge is 0.253 e. The van der Waals surface area contributed by atoms with Gasteiger partial charge in [0.05, 0.1) is 5.56 Å². The van der Waals surface area contributed by atoms with Gasteiger partial charge in [0, 0.05) is 10.3 Å². The molecule has 0 unspecified atom stereocenters. The molecule has 0 saturated heterocycles. The van der Waals surface area contributed by atoms with Crippen LogP contribution in [0.4, 0.5) is 0 Å². The molecular formula is C17H18N2O2S. The summed E-state index contributed by atoms with van der Waals surface area (Å²) in [6, 6.07) is 8.29. The molecule has 2 aromatic rings. The lowest BCUT2D eigenvalue weighted by Crippen LogP contribution is -2.37. The SMILES string of the molecule is NC(=O)[C@H](NC(=O)c1csc2c1CCCC2)c1ccccc1. The average molecular weight is 314 g/mol. The van der Waals surface area contributed by atoms with Crippen LogP contribution in [-0.4, -0.2) is 11.8 Å². The van der Waals surface area contributed by atoms with E-state index in [1.54, 1.807) is 23.5 Å². The van der Waals surface area contributed by atoms with E-state index >= 15 is 0 Å². The molecule has 0 aliphatic heterocycles. The van der Waals surface area contributed by atoms with Gasteiger partial charge in [0.2, 0.25) is 5.91 Å². The number of aryl methyl sites for hydroxylation is 1. The van der Waals surface area contributed by atoms with Crippen molar-refractivity contribution in [1.29, 1.82) is 0 Å². The third-order valence-electron chi connectivity index (χ3n) is 4.00. The number of primary amides is 1. The number of rotatable bonds is 4. The van der Waals surface area contributed by atoms with Crippen molar-refractivity contribution in [3.05, 3.63) is 57.3 Å². The van der Waals surface area contributed by atoms with Gasteiger partial charge in [-0.05, 0) is 36.8 Å². The van der Waals surface area contributed by atoms with Gasteiger partial charge in [-0.15, -0.1) is 11.3 Å². The number of carbonyl (C=O) groups excluding carboxylic acids is 2. The first-order valence-corrected chi connectivity index (χ1v) is 8.29. The Hall–Kier alpha value is -2.14. The summed E-state index contributed by atoms with van der Waals surface area (Å²) in [4.78, 5) is 25.6. The molecule has 5 heteroatoms. The van der Waals surface area contributed by atoms with Crippen LogP contribution in [0.15, 0.2) is 35.7 Å². The molecule has 0 spiro atoms. The van der Waals surface area contributed by atoms with Crippen LogP contribution in [0.2, 0.25) is 0 Å². The molecule has 2 amide bonds. The highest BCUT2D eigenvalue weighted by atomic mass is 32.1. The van der Waals surface area contributed by atoms with Crippen molar-refractivity contribution in [2.75, 3.05) is 0 Å². The molecule has 1 atom stereocenters. The van der Waals surface area contributed by atoms with E-state index in [9.17, 15) is 9.59 Å². The monoisotopic (exact) mass is 314 g/mol. The molecule has 1 aliphatic rings. The molecule has 3 N–H and O–H groups in total. The van der Waals surface area contributed by atoms with Gasteiger partial charge >= 0.3 is 0 Å². The first-order chi connectivity index (χ1) is 10.7. The van der Waals surface area contributed by atoms with Crippen LogP contribution in [0.1, 0.15) is 45.2 Å². The molecular weight excluding hydrogens is 296 g/mol. The molecule has 1 aromatic heterocycles. The van der Waals surface area contributed by atoms with Gasteiger partial charge < -0.3 is 11.1 Å². The number of benzene rings is 1. The summed E-state index contributed by atoms with van der Waals surface area (Å²) in [6.45, 7) is 0. The summed E-state index contributed by atoms with van der Waals surface area (Å²) >= 11 is 1.63. The van der Waals surface area contributed by atoms with Gasteiger partial charge in [-0.3, -0.25) is 9.59 Å². The zero-order chi connectivity index (χ0) is 15.5. The number of thiophene rings is 1. The summed E-state index contributed by atoms with van der Waals surface area (Å²) < 4.78 is 0. The summed E-state index contributed by atoms with van der Waals surface area (Å²) in [6.07, 6.45) is 4.28. The molecule has 0 saturated carbocycles. The maximum atomic E-state index is 12.6. The minimum Gasteiger partial charge on any atom is -0.368 e. The van der Waals surface area contributed by atoms with E-state index in [0.717, 1.165) is 24.8 Å². The molecule has 0 radical (unpaired) electrons. The molecule has 0 fully saturated rings. The molecule has 114 valence electrons. The molecule has 3 rings (SSSR count). The van der Waals surface area contributed by atoms with Crippen molar-refractivity contribution in [2.24, 2.45) is 5.73 Å². The van der Waals surface area contributed by atoms with Crippen LogP contribution < -0.4 is 11.1 Å². The van der Waals surface area contributed by atoms with E-state index in [0.29, 0.717) is 11.1 Å². The van der Waals surface area contributed by atoms with Crippen LogP contribution in [0.5, 0.6) is 0 Å². The quantitative estimate of drug-likeness (QED) is 0.910. The predicted molar refractivity (Wildman–Crippen MR) is 86.8 cm³/mol. The fourth-order valence-corrected chi connectivity index (χ4v) is 3.98. The zero-order valence-corrected chi connectivity index (χ0v) is 13.0. The summed E-state index contributed by atoms with van der Waals surface area (Å²) in [7, 11) is 0. The maximum Gasteiger partial charge on any atom is 0.253 e. The highest BCUT2D eigenvalue weighted by Crippen LogP contribution is 2.30. The number of nitrogens with one attached hydrogen (secondary N) is 1. The normalized spacial score (nSPS) is 14.9. The van der Waals surface area contributed by atoms with Crippen molar-refractivity contribution >= 4 is 23.2 Å². The van der Waals surface area contributed by atoms with Gasteiger partial charge in [0.15, 0.2) is 0 Å². The molecule has 0 bridgehead atoms.